The Morgan fingerprint density at radius 1 is 1.06 bits per heavy atom. The van der Waals surface area contributed by atoms with E-state index in [9.17, 15) is 9.59 Å². The zero-order valence-electron chi connectivity index (χ0n) is 19.4. The number of carbonyl (C=O) groups is 1. The van der Waals surface area contributed by atoms with Gasteiger partial charge in [0.15, 0.2) is 0 Å². The Kier molecular flexibility index (Phi) is 7.12. The summed E-state index contributed by atoms with van der Waals surface area (Å²) < 4.78 is 7.85. The lowest BCUT2D eigenvalue weighted by atomic mass is 10.1. The van der Waals surface area contributed by atoms with Crippen LogP contribution in [0.2, 0.25) is 0 Å². The van der Waals surface area contributed by atoms with Crippen molar-refractivity contribution in [3.05, 3.63) is 99.0 Å². The maximum Gasteiger partial charge on any atom is 0.266 e. The van der Waals surface area contributed by atoms with E-state index in [-0.39, 0.29) is 11.5 Å². The molecule has 1 heterocycles. The molecule has 0 aliphatic carbocycles. The van der Waals surface area contributed by atoms with Gasteiger partial charge in [-0.15, -0.1) is 0 Å². The van der Waals surface area contributed by atoms with Gasteiger partial charge in [-0.3, -0.25) is 14.2 Å². The number of carbonyl (C=O) groups excluding carboxylic acids is 1. The lowest BCUT2D eigenvalue weighted by Crippen LogP contribution is -2.38. The highest BCUT2D eigenvalue weighted by atomic mass is 79.9. The van der Waals surface area contributed by atoms with Gasteiger partial charge in [-0.2, -0.15) is 0 Å². The molecule has 4 aromatic rings. The summed E-state index contributed by atoms with van der Waals surface area (Å²) >= 11 is 3.46. The third-order valence-corrected chi connectivity index (χ3v) is 6.39. The number of rotatable bonds is 7. The summed E-state index contributed by atoms with van der Waals surface area (Å²) in [6, 6.07) is 21.5. The summed E-state index contributed by atoms with van der Waals surface area (Å²) in [5.41, 5.74) is 1.67. The van der Waals surface area contributed by atoms with Gasteiger partial charge in [0.25, 0.3) is 11.5 Å². The highest BCUT2D eigenvalue weighted by Crippen LogP contribution is 2.28. The Balaban J connectivity index is 1.91. The van der Waals surface area contributed by atoms with E-state index >= 15 is 0 Å². The quantitative estimate of drug-likeness (QED) is 0.311. The molecular formula is C27H26BrN3O3. The van der Waals surface area contributed by atoms with Gasteiger partial charge in [0.05, 0.1) is 29.7 Å². The zero-order valence-corrected chi connectivity index (χ0v) is 21.0. The lowest BCUT2D eigenvalue weighted by molar-refractivity contribution is 0.0671. The summed E-state index contributed by atoms with van der Waals surface area (Å²) in [5, 5.41) is 0.534. The van der Waals surface area contributed by atoms with Crippen LogP contribution in [0.3, 0.4) is 0 Å². The Hall–Kier alpha value is -3.45. The van der Waals surface area contributed by atoms with Crippen LogP contribution in [0.25, 0.3) is 16.6 Å². The molecule has 0 spiro atoms. The van der Waals surface area contributed by atoms with Crippen LogP contribution in [-0.4, -0.2) is 34.0 Å². The third kappa shape index (κ3) is 4.48. The standard InChI is InChI=1S/C27H26BrN3O3/c1-4-24(30(5-2)26(32)18-9-8-10-21(17-18)34-3)25-29-23-12-7-6-11-22(23)27(33)31(25)20-15-13-19(28)14-16-20/h6-17,24H,4-5H2,1-3H3. The van der Waals surface area contributed by atoms with Crippen LogP contribution in [0, 0.1) is 0 Å². The predicted molar refractivity (Wildman–Crippen MR) is 138 cm³/mol. The summed E-state index contributed by atoms with van der Waals surface area (Å²) in [6.07, 6.45) is 0.588. The van der Waals surface area contributed by atoms with Crippen LogP contribution in [0.4, 0.5) is 0 Å². The first-order chi connectivity index (χ1) is 16.5. The smallest absolute Gasteiger partial charge is 0.266 e. The largest absolute Gasteiger partial charge is 0.497 e. The fraction of sp³-hybridized carbons (Fsp3) is 0.222. The van der Waals surface area contributed by atoms with Crippen molar-refractivity contribution >= 4 is 32.7 Å². The molecule has 1 unspecified atom stereocenters. The molecule has 1 atom stereocenters. The molecule has 34 heavy (non-hydrogen) atoms. The molecule has 1 amide bonds. The maximum absolute atomic E-state index is 13.7. The van der Waals surface area contributed by atoms with Gasteiger partial charge in [-0.05, 0) is 67.9 Å². The number of para-hydroxylation sites is 1. The molecule has 0 saturated carbocycles. The minimum atomic E-state index is -0.412. The van der Waals surface area contributed by atoms with E-state index in [4.69, 9.17) is 9.72 Å². The van der Waals surface area contributed by atoms with Crippen molar-refractivity contribution in [2.24, 2.45) is 0 Å². The Morgan fingerprint density at radius 2 is 1.79 bits per heavy atom. The minimum absolute atomic E-state index is 0.141. The fourth-order valence-electron chi connectivity index (χ4n) is 4.18. The summed E-state index contributed by atoms with van der Waals surface area (Å²) in [5.74, 6) is 1.01. The second-order valence-corrected chi connectivity index (χ2v) is 8.77. The number of aromatic nitrogens is 2. The number of benzene rings is 3. The number of nitrogens with zero attached hydrogens (tertiary/aromatic N) is 3. The molecule has 0 saturated heterocycles. The highest BCUT2D eigenvalue weighted by molar-refractivity contribution is 9.10. The van der Waals surface area contributed by atoms with Crippen LogP contribution in [0.1, 0.15) is 42.5 Å². The molecule has 0 aliphatic heterocycles. The van der Waals surface area contributed by atoms with Crippen molar-refractivity contribution in [3.63, 3.8) is 0 Å². The number of methoxy groups -OCH3 is 1. The molecule has 0 N–H and O–H groups in total. The normalized spacial score (nSPS) is 11.9. The van der Waals surface area contributed by atoms with Crippen molar-refractivity contribution in [1.82, 2.24) is 14.5 Å². The first-order valence-corrected chi connectivity index (χ1v) is 12.0. The monoisotopic (exact) mass is 519 g/mol. The predicted octanol–water partition coefficient (Wildman–Crippen LogP) is 5.77. The number of halogens is 1. The van der Waals surface area contributed by atoms with E-state index in [1.54, 1.807) is 46.9 Å². The van der Waals surface area contributed by atoms with E-state index in [2.05, 4.69) is 15.9 Å². The van der Waals surface area contributed by atoms with Gasteiger partial charge >= 0.3 is 0 Å². The molecule has 174 valence electrons. The first kappa shape index (κ1) is 23.7. The number of amides is 1. The molecular weight excluding hydrogens is 494 g/mol. The van der Waals surface area contributed by atoms with Crippen molar-refractivity contribution in [2.75, 3.05) is 13.7 Å². The fourth-order valence-corrected chi connectivity index (χ4v) is 4.45. The topological polar surface area (TPSA) is 64.4 Å². The van der Waals surface area contributed by atoms with E-state index < -0.39 is 6.04 Å². The average Bonchev–Trinajstić information content (AvgIpc) is 2.87. The van der Waals surface area contributed by atoms with Crippen LogP contribution in [0.15, 0.2) is 82.1 Å². The molecule has 7 heteroatoms. The molecule has 1 aromatic heterocycles. The lowest BCUT2D eigenvalue weighted by Gasteiger charge is -2.31. The second-order valence-electron chi connectivity index (χ2n) is 7.85. The van der Waals surface area contributed by atoms with Crippen LogP contribution < -0.4 is 10.3 Å². The summed E-state index contributed by atoms with van der Waals surface area (Å²) in [7, 11) is 1.58. The van der Waals surface area contributed by atoms with E-state index in [0.717, 1.165) is 4.47 Å². The van der Waals surface area contributed by atoms with Crippen LogP contribution in [0.5, 0.6) is 5.75 Å². The van der Waals surface area contributed by atoms with Gasteiger partial charge in [-0.1, -0.05) is 41.1 Å². The van der Waals surface area contributed by atoms with Crippen molar-refractivity contribution in [3.8, 4) is 11.4 Å². The molecule has 0 aliphatic rings. The van der Waals surface area contributed by atoms with E-state index in [0.29, 0.717) is 46.7 Å². The SMILES string of the molecule is CCC(c1nc2ccccc2c(=O)n1-c1ccc(Br)cc1)N(CC)C(=O)c1cccc(OC)c1. The van der Waals surface area contributed by atoms with Crippen molar-refractivity contribution in [1.29, 1.82) is 0 Å². The second kappa shape index (κ2) is 10.2. The highest BCUT2D eigenvalue weighted by Gasteiger charge is 2.29. The number of fused-ring (bicyclic) bond motifs is 1. The summed E-state index contributed by atoms with van der Waals surface area (Å²) in [4.78, 5) is 34.0. The average molecular weight is 520 g/mol. The molecule has 3 aromatic carbocycles. The van der Waals surface area contributed by atoms with Gasteiger partial charge in [0.1, 0.15) is 11.6 Å². The molecule has 0 radical (unpaired) electrons. The molecule has 6 nitrogen and oxygen atoms in total. The third-order valence-electron chi connectivity index (χ3n) is 5.87. The first-order valence-electron chi connectivity index (χ1n) is 11.2. The summed E-state index contributed by atoms with van der Waals surface area (Å²) in [6.45, 7) is 4.39. The molecule has 4 rings (SSSR count). The van der Waals surface area contributed by atoms with Crippen molar-refractivity contribution < 1.29 is 9.53 Å². The number of hydrogen-bond donors (Lipinski definition) is 0. The van der Waals surface area contributed by atoms with E-state index in [1.807, 2.05) is 56.3 Å². The Labute approximate surface area is 206 Å². The van der Waals surface area contributed by atoms with Gasteiger partial charge in [0.2, 0.25) is 0 Å². The molecule has 0 bridgehead atoms. The van der Waals surface area contributed by atoms with E-state index in [1.165, 1.54) is 0 Å². The van der Waals surface area contributed by atoms with Crippen LogP contribution >= 0.6 is 15.9 Å². The van der Waals surface area contributed by atoms with Crippen LogP contribution in [-0.2, 0) is 0 Å². The Morgan fingerprint density at radius 3 is 2.47 bits per heavy atom. The minimum Gasteiger partial charge on any atom is -0.497 e. The van der Waals surface area contributed by atoms with Gasteiger partial charge < -0.3 is 9.64 Å². The molecule has 0 fully saturated rings. The number of ether oxygens (including phenoxy) is 1. The Bertz CT molecular complexity index is 1380. The zero-order chi connectivity index (χ0) is 24.2. The number of hydrogen-bond acceptors (Lipinski definition) is 4. The van der Waals surface area contributed by atoms with Gasteiger partial charge in [0, 0.05) is 16.6 Å². The van der Waals surface area contributed by atoms with Gasteiger partial charge in [-0.25, -0.2) is 4.98 Å². The van der Waals surface area contributed by atoms with Crippen molar-refractivity contribution in [2.45, 2.75) is 26.3 Å². The maximum atomic E-state index is 13.7.